The molecule has 0 aliphatic heterocycles. The molecule has 0 heterocycles. The molecular weight excluding hydrogens is 429 g/mol. The van der Waals surface area contributed by atoms with Gasteiger partial charge in [-0.25, -0.2) is 4.79 Å². The summed E-state index contributed by atoms with van der Waals surface area (Å²) in [4.78, 5) is 12.0. The maximum absolute atomic E-state index is 12.2. The number of allylic oxidation sites excluding steroid dienone is 9. The number of rotatable bonds is 7. The van der Waals surface area contributed by atoms with Gasteiger partial charge in [0.1, 0.15) is 11.5 Å². The monoisotopic (exact) mass is 460 g/mol. The van der Waals surface area contributed by atoms with Gasteiger partial charge in [0, 0.05) is 6.08 Å². The molecule has 0 spiro atoms. The molecule has 0 N–H and O–H groups in total. The van der Waals surface area contributed by atoms with Crippen molar-refractivity contribution in [1.82, 2.24) is 0 Å². The molecule has 1 aromatic rings. The van der Waals surface area contributed by atoms with Crippen LogP contribution in [0, 0.1) is 5.41 Å². The smallest absolute Gasteiger partial charge is 0.423 e. The lowest BCUT2D eigenvalue weighted by Crippen LogP contribution is -2.19. The van der Waals surface area contributed by atoms with Gasteiger partial charge in [-0.1, -0.05) is 55.4 Å². The van der Waals surface area contributed by atoms with Crippen LogP contribution in [0.4, 0.5) is 13.2 Å². The maximum Gasteiger partial charge on any atom is 0.573 e. The Hall–Kier alpha value is -3.02. The molecule has 33 heavy (non-hydrogen) atoms. The predicted molar refractivity (Wildman–Crippen MR) is 125 cm³/mol. The number of halogens is 3. The number of carbonyl (C=O) groups excluding carboxylic acids is 1. The molecule has 178 valence electrons. The van der Waals surface area contributed by atoms with Crippen molar-refractivity contribution in [3.8, 4) is 11.5 Å². The molecule has 0 amide bonds. The van der Waals surface area contributed by atoms with Crippen LogP contribution in [0.15, 0.2) is 83.0 Å². The van der Waals surface area contributed by atoms with Gasteiger partial charge in [0.05, 0.1) is 0 Å². The van der Waals surface area contributed by atoms with Gasteiger partial charge in [-0.3, -0.25) is 0 Å². The summed E-state index contributed by atoms with van der Waals surface area (Å²) in [5.74, 6) is -0.880. The Labute approximate surface area is 194 Å². The third-order valence-corrected chi connectivity index (χ3v) is 5.39. The minimum absolute atomic E-state index is 0.124. The Morgan fingerprint density at radius 2 is 1.67 bits per heavy atom. The Balaban J connectivity index is 1.93. The zero-order chi connectivity index (χ0) is 24.6. The van der Waals surface area contributed by atoms with Gasteiger partial charge in [-0.15, -0.1) is 13.2 Å². The molecule has 0 radical (unpaired) electrons. The normalized spacial score (nSPS) is 17.7. The van der Waals surface area contributed by atoms with E-state index in [0.29, 0.717) is 5.57 Å². The van der Waals surface area contributed by atoms with Crippen LogP contribution in [0.1, 0.15) is 53.9 Å². The summed E-state index contributed by atoms with van der Waals surface area (Å²) in [6.07, 6.45) is 10.0. The van der Waals surface area contributed by atoms with Crippen molar-refractivity contribution in [3.63, 3.8) is 0 Å². The van der Waals surface area contributed by atoms with Crippen molar-refractivity contribution < 1.29 is 27.4 Å². The van der Waals surface area contributed by atoms with E-state index in [1.165, 1.54) is 42.2 Å². The van der Waals surface area contributed by atoms with Crippen LogP contribution < -0.4 is 9.47 Å². The minimum atomic E-state index is -4.77. The van der Waals surface area contributed by atoms with Crippen molar-refractivity contribution in [2.45, 2.75) is 60.2 Å². The molecule has 3 nitrogen and oxygen atoms in total. The third kappa shape index (κ3) is 9.16. The molecule has 0 aromatic heterocycles. The van der Waals surface area contributed by atoms with E-state index in [0.717, 1.165) is 24.1 Å². The average Bonchev–Trinajstić information content (AvgIpc) is 2.67. The molecule has 0 fully saturated rings. The highest BCUT2D eigenvalue weighted by Gasteiger charge is 2.31. The molecule has 0 atom stereocenters. The first-order chi connectivity index (χ1) is 15.4. The fourth-order valence-corrected chi connectivity index (χ4v) is 3.72. The molecule has 0 bridgehead atoms. The summed E-state index contributed by atoms with van der Waals surface area (Å²) in [5.41, 5.74) is 4.81. The number of ether oxygens (including phenoxy) is 2. The molecule has 1 aliphatic carbocycles. The highest BCUT2D eigenvalue weighted by Crippen LogP contribution is 2.40. The van der Waals surface area contributed by atoms with E-state index in [4.69, 9.17) is 4.74 Å². The second kappa shape index (κ2) is 11.2. The van der Waals surface area contributed by atoms with Crippen LogP contribution in [-0.4, -0.2) is 12.3 Å². The molecule has 2 rings (SSSR count). The number of hydrogen-bond acceptors (Lipinski definition) is 3. The standard InChI is InChI=1S/C27H31F3O3/c1-19(11-16-24-21(3)10-7-17-26(24,4)5)8-6-9-20(2)18-25(31)32-22-12-14-23(15-13-22)33-27(28,29)30/h6,8-9,11-16,18H,7,10,17H2,1-5H3. The van der Waals surface area contributed by atoms with Crippen LogP contribution in [0.25, 0.3) is 0 Å². The average molecular weight is 461 g/mol. The van der Waals surface area contributed by atoms with Gasteiger partial charge < -0.3 is 9.47 Å². The predicted octanol–water partition coefficient (Wildman–Crippen LogP) is 8.02. The van der Waals surface area contributed by atoms with Crippen LogP contribution in [0.5, 0.6) is 11.5 Å². The van der Waals surface area contributed by atoms with Gasteiger partial charge in [-0.2, -0.15) is 0 Å². The highest BCUT2D eigenvalue weighted by molar-refractivity contribution is 5.85. The van der Waals surface area contributed by atoms with E-state index < -0.39 is 12.3 Å². The van der Waals surface area contributed by atoms with E-state index in [2.05, 4.69) is 37.7 Å². The zero-order valence-corrected chi connectivity index (χ0v) is 19.8. The minimum Gasteiger partial charge on any atom is -0.423 e. The van der Waals surface area contributed by atoms with Crippen LogP contribution in [0.2, 0.25) is 0 Å². The zero-order valence-electron chi connectivity index (χ0n) is 19.8. The fourth-order valence-electron chi connectivity index (χ4n) is 3.72. The quantitative estimate of drug-likeness (QED) is 0.179. The molecule has 0 saturated carbocycles. The van der Waals surface area contributed by atoms with Crippen LogP contribution in [0.3, 0.4) is 0 Å². The van der Waals surface area contributed by atoms with Crippen LogP contribution in [-0.2, 0) is 4.79 Å². The molecular formula is C27H31F3O3. The third-order valence-electron chi connectivity index (χ3n) is 5.39. The number of carbonyl (C=O) groups is 1. The second-order valence-electron chi connectivity index (χ2n) is 8.86. The van der Waals surface area contributed by atoms with Gasteiger partial charge in [0.15, 0.2) is 0 Å². The van der Waals surface area contributed by atoms with Crippen molar-refractivity contribution in [2.24, 2.45) is 5.41 Å². The summed E-state index contributed by atoms with van der Waals surface area (Å²) in [6, 6.07) is 4.64. The summed E-state index contributed by atoms with van der Waals surface area (Å²) < 4.78 is 45.5. The van der Waals surface area contributed by atoms with Crippen molar-refractivity contribution in [2.75, 3.05) is 0 Å². The Morgan fingerprint density at radius 3 is 2.27 bits per heavy atom. The van der Waals surface area contributed by atoms with E-state index in [1.807, 2.05) is 19.1 Å². The molecule has 1 aromatic carbocycles. The van der Waals surface area contributed by atoms with Crippen molar-refractivity contribution in [3.05, 3.63) is 83.0 Å². The summed E-state index contributed by atoms with van der Waals surface area (Å²) in [7, 11) is 0. The summed E-state index contributed by atoms with van der Waals surface area (Å²) >= 11 is 0. The lowest BCUT2D eigenvalue weighted by molar-refractivity contribution is -0.274. The fraction of sp³-hybridized carbons (Fsp3) is 0.370. The van der Waals surface area contributed by atoms with E-state index in [9.17, 15) is 18.0 Å². The first-order valence-electron chi connectivity index (χ1n) is 10.8. The van der Waals surface area contributed by atoms with Gasteiger partial charge in [0.25, 0.3) is 0 Å². The van der Waals surface area contributed by atoms with Crippen molar-refractivity contribution >= 4 is 5.97 Å². The van der Waals surface area contributed by atoms with E-state index in [1.54, 1.807) is 13.0 Å². The highest BCUT2D eigenvalue weighted by atomic mass is 19.4. The van der Waals surface area contributed by atoms with Crippen LogP contribution >= 0.6 is 0 Å². The second-order valence-corrected chi connectivity index (χ2v) is 8.86. The molecule has 0 unspecified atom stereocenters. The summed E-state index contributed by atoms with van der Waals surface area (Å²) in [6.45, 7) is 10.6. The van der Waals surface area contributed by atoms with E-state index >= 15 is 0 Å². The molecule has 6 heteroatoms. The SMILES string of the molecule is CC(C=CC1=C(C)CCCC1(C)C)=CC=CC(C)=CC(=O)Oc1ccc(OC(F)(F)F)cc1. The largest absolute Gasteiger partial charge is 0.573 e. The van der Waals surface area contributed by atoms with Gasteiger partial charge >= 0.3 is 12.3 Å². The molecule has 1 aliphatic rings. The Bertz CT molecular complexity index is 988. The number of hydrogen-bond donors (Lipinski definition) is 0. The first-order valence-corrected chi connectivity index (χ1v) is 10.8. The number of alkyl halides is 3. The van der Waals surface area contributed by atoms with Gasteiger partial charge in [-0.05, 0) is 80.9 Å². The number of benzene rings is 1. The lowest BCUT2D eigenvalue weighted by atomic mass is 9.72. The van der Waals surface area contributed by atoms with Crippen molar-refractivity contribution in [1.29, 1.82) is 0 Å². The maximum atomic E-state index is 12.2. The Morgan fingerprint density at radius 1 is 1.03 bits per heavy atom. The topological polar surface area (TPSA) is 35.5 Å². The van der Waals surface area contributed by atoms with Gasteiger partial charge in [0.2, 0.25) is 0 Å². The first kappa shape index (κ1) is 26.2. The number of esters is 1. The lowest BCUT2D eigenvalue weighted by Gasteiger charge is -2.32. The molecule has 0 saturated heterocycles. The Kier molecular flexibility index (Phi) is 8.91. The summed E-state index contributed by atoms with van der Waals surface area (Å²) in [5, 5.41) is 0. The van der Waals surface area contributed by atoms with E-state index in [-0.39, 0.29) is 16.9 Å².